The van der Waals surface area contributed by atoms with E-state index < -0.39 is 29.1 Å². The van der Waals surface area contributed by atoms with E-state index >= 15 is 0 Å². The SMILES string of the molecule is CC1(C)C(C(=O)O)C1C(=O)Nc1sccc1C(N)=O. The second-order valence-corrected chi connectivity index (χ2v) is 6.05. The number of nitrogens with one attached hydrogen (secondary N) is 1. The van der Waals surface area contributed by atoms with E-state index in [2.05, 4.69) is 5.32 Å². The zero-order chi connectivity index (χ0) is 14.4. The van der Waals surface area contributed by atoms with Gasteiger partial charge in [-0.1, -0.05) is 13.8 Å². The predicted octanol–water partition coefficient (Wildman–Crippen LogP) is 1.14. The van der Waals surface area contributed by atoms with Crippen LogP contribution in [0.4, 0.5) is 5.00 Å². The Morgan fingerprint density at radius 3 is 2.47 bits per heavy atom. The predicted molar refractivity (Wildman–Crippen MR) is 69.9 cm³/mol. The zero-order valence-corrected chi connectivity index (χ0v) is 11.3. The lowest BCUT2D eigenvalue weighted by Gasteiger charge is -2.05. The number of carboxylic acids is 1. The highest BCUT2D eigenvalue weighted by atomic mass is 32.1. The number of thiophene rings is 1. The summed E-state index contributed by atoms with van der Waals surface area (Å²) in [5.74, 6) is -3.27. The minimum atomic E-state index is -0.980. The minimum absolute atomic E-state index is 0.240. The number of carboxylic acid groups (broad SMARTS) is 1. The third-order valence-corrected chi connectivity index (χ3v) is 4.37. The molecule has 2 atom stereocenters. The van der Waals surface area contributed by atoms with Crippen molar-refractivity contribution >= 4 is 34.1 Å². The zero-order valence-electron chi connectivity index (χ0n) is 10.5. The molecule has 1 aliphatic rings. The van der Waals surface area contributed by atoms with Crippen molar-refractivity contribution in [3.05, 3.63) is 17.0 Å². The van der Waals surface area contributed by atoms with E-state index in [1.54, 1.807) is 19.2 Å². The molecule has 2 unspecified atom stereocenters. The van der Waals surface area contributed by atoms with E-state index in [0.29, 0.717) is 5.00 Å². The van der Waals surface area contributed by atoms with Gasteiger partial charge in [-0.05, 0) is 16.9 Å². The number of anilines is 1. The van der Waals surface area contributed by atoms with Crippen LogP contribution in [0.2, 0.25) is 0 Å². The van der Waals surface area contributed by atoms with Crippen molar-refractivity contribution in [2.75, 3.05) is 5.32 Å². The van der Waals surface area contributed by atoms with Crippen LogP contribution in [0.15, 0.2) is 11.4 Å². The van der Waals surface area contributed by atoms with E-state index in [-0.39, 0.29) is 11.5 Å². The molecule has 1 heterocycles. The summed E-state index contributed by atoms with van der Waals surface area (Å²) in [7, 11) is 0. The lowest BCUT2D eigenvalue weighted by molar-refractivity contribution is -0.140. The van der Waals surface area contributed by atoms with Crippen LogP contribution < -0.4 is 11.1 Å². The van der Waals surface area contributed by atoms with Gasteiger partial charge in [-0.15, -0.1) is 11.3 Å². The standard InChI is InChI=1S/C12H14N2O4S/c1-12(2)6(7(12)11(17)18)9(16)14-10-5(8(13)15)3-4-19-10/h3-4,6-7H,1-2H3,(H2,13,15)(H,14,16)(H,17,18). The molecule has 1 aromatic rings. The van der Waals surface area contributed by atoms with E-state index in [1.807, 2.05) is 0 Å². The van der Waals surface area contributed by atoms with Crippen LogP contribution in [-0.4, -0.2) is 22.9 Å². The summed E-state index contributed by atoms with van der Waals surface area (Å²) in [6, 6.07) is 1.52. The first-order chi connectivity index (χ1) is 8.76. The summed E-state index contributed by atoms with van der Waals surface area (Å²) in [6.45, 7) is 3.47. The Labute approximate surface area is 113 Å². The van der Waals surface area contributed by atoms with Gasteiger partial charge in [-0.2, -0.15) is 0 Å². The van der Waals surface area contributed by atoms with Crippen molar-refractivity contribution in [2.24, 2.45) is 23.0 Å². The maximum atomic E-state index is 12.1. The molecule has 4 N–H and O–H groups in total. The Balaban J connectivity index is 2.13. The smallest absolute Gasteiger partial charge is 0.307 e. The molecule has 1 aliphatic carbocycles. The van der Waals surface area contributed by atoms with Crippen molar-refractivity contribution in [3.8, 4) is 0 Å². The van der Waals surface area contributed by atoms with Crippen molar-refractivity contribution in [2.45, 2.75) is 13.8 Å². The Morgan fingerprint density at radius 2 is 2.00 bits per heavy atom. The fourth-order valence-electron chi connectivity index (χ4n) is 2.38. The van der Waals surface area contributed by atoms with Gasteiger partial charge in [0.2, 0.25) is 5.91 Å². The van der Waals surface area contributed by atoms with E-state index in [1.165, 1.54) is 17.4 Å². The maximum absolute atomic E-state index is 12.1. The first-order valence-electron chi connectivity index (χ1n) is 5.67. The normalized spacial score (nSPS) is 23.7. The molecule has 2 amide bonds. The highest BCUT2D eigenvalue weighted by Crippen LogP contribution is 2.58. The van der Waals surface area contributed by atoms with Crippen LogP contribution in [0.25, 0.3) is 0 Å². The number of carbonyl (C=O) groups excluding carboxylic acids is 2. The van der Waals surface area contributed by atoms with Crippen molar-refractivity contribution in [3.63, 3.8) is 0 Å². The molecule has 0 saturated heterocycles. The highest BCUT2D eigenvalue weighted by molar-refractivity contribution is 7.14. The number of carbonyl (C=O) groups is 3. The van der Waals surface area contributed by atoms with Gasteiger partial charge in [0.15, 0.2) is 0 Å². The number of amides is 2. The number of rotatable bonds is 4. The molecular weight excluding hydrogens is 268 g/mol. The van der Waals surface area contributed by atoms with Gasteiger partial charge in [0, 0.05) is 0 Å². The molecule has 1 fully saturated rings. The third kappa shape index (κ3) is 2.21. The van der Waals surface area contributed by atoms with Gasteiger partial charge < -0.3 is 16.2 Å². The van der Waals surface area contributed by atoms with Gasteiger partial charge in [0.05, 0.1) is 17.4 Å². The number of hydrogen-bond acceptors (Lipinski definition) is 4. The summed E-state index contributed by atoms with van der Waals surface area (Å²) in [5.41, 5.74) is 4.85. The second-order valence-electron chi connectivity index (χ2n) is 5.13. The largest absolute Gasteiger partial charge is 0.481 e. The number of nitrogens with two attached hydrogens (primary N) is 1. The summed E-state index contributed by atoms with van der Waals surface area (Å²) >= 11 is 1.18. The molecule has 0 spiro atoms. The Kier molecular flexibility index (Phi) is 3.09. The highest BCUT2D eigenvalue weighted by Gasteiger charge is 2.65. The lowest BCUT2D eigenvalue weighted by atomic mass is 10.1. The lowest BCUT2D eigenvalue weighted by Crippen LogP contribution is -2.20. The van der Waals surface area contributed by atoms with Crippen molar-refractivity contribution < 1.29 is 19.5 Å². The summed E-state index contributed by atoms with van der Waals surface area (Å²) in [4.78, 5) is 34.2. The van der Waals surface area contributed by atoms with Gasteiger partial charge in [-0.25, -0.2) is 0 Å². The minimum Gasteiger partial charge on any atom is -0.481 e. The van der Waals surface area contributed by atoms with Gasteiger partial charge in [0.1, 0.15) is 5.00 Å². The van der Waals surface area contributed by atoms with Crippen molar-refractivity contribution in [1.82, 2.24) is 0 Å². The molecule has 0 radical (unpaired) electrons. The summed E-state index contributed by atoms with van der Waals surface area (Å²) in [5, 5.41) is 13.6. The fourth-order valence-corrected chi connectivity index (χ4v) is 3.17. The van der Waals surface area contributed by atoms with Crippen LogP contribution in [0.5, 0.6) is 0 Å². The third-order valence-electron chi connectivity index (χ3n) is 3.54. The fraction of sp³-hybridized carbons (Fsp3) is 0.417. The van der Waals surface area contributed by atoms with Crippen LogP contribution >= 0.6 is 11.3 Å². The molecule has 19 heavy (non-hydrogen) atoms. The Morgan fingerprint density at radius 1 is 1.37 bits per heavy atom. The van der Waals surface area contributed by atoms with E-state index in [4.69, 9.17) is 10.8 Å². The molecule has 0 aliphatic heterocycles. The summed E-state index contributed by atoms with van der Waals surface area (Å²) in [6.07, 6.45) is 0. The number of primary amides is 1. The van der Waals surface area contributed by atoms with Crippen LogP contribution in [0.3, 0.4) is 0 Å². The molecule has 1 saturated carbocycles. The molecular formula is C12H14N2O4S. The average Bonchev–Trinajstić information content (AvgIpc) is 2.67. The van der Waals surface area contributed by atoms with Crippen LogP contribution in [-0.2, 0) is 9.59 Å². The molecule has 102 valence electrons. The second kappa shape index (κ2) is 4.34. The van der Waals surface area contributed by atoms with Crippen LogP contribution in [0.1, 0.15) is 24.2 Å². The molecule has 7 heteroatoms. The van der Waals surface area contributed by atoms with Gasteiger partial charge >= 0.3 is 5.97 Å². The first-order valence-corrected chi connectivity index (χ1v) is 6.55. The molecule has 6 nitrogen and oxygen atoms in total. The molecule has 0 bridgehead atoms. The number of aliphatic carboxylic acids is 1. The monoisotopic (exact) mass is 282 g/mol. The van der Waals surface area contributed by atoms with Crippen LogP contribution in [0, 0.1) is 17.3 Å². The van der Waals surface area contributed by atoms with E-state index in [0.717, 1.165) is 0 Å². The quantitative estimate of drug-likeness (QED) is 0.769. The maximum Gasteiger partial charge on any atom is 0.307 e. The molecule has 1 aromatic heterocycles. The average molecular weight is 282 g/mol. The van der Waals surface area contributed by atoms with E-state index in [9.17, 15) is 14.4 Å². The molecule has 2 rings (SSSR count). The Hall–Kier alpha value is -1.89. The van der Waals surface area contributed by atoms with Gasteiger partial charge in [0.25, 0.3) is 5.91 Å². The molecule has 0 aromatic carbocycles. The van der Waals surface area contributed by atoms with Crippen molar-refractivity contribution in [1.29, 1.82) is 0 Å². The first kappa shape index (κ1) is 13.5. The summed E-state index contributed by atoms with van der Waals surface area (Å²) < 4.78 is 0. The number of hydrogen-bond donors (Lipinski definition) is 3. The topological polar surface area (TPSA) is 109 Å². The van der Waals surface area contributed by atoms with Gasteiger partial charge in [-0.3, -0.25) is 14.4 Å². The Bertz CT molecular complexity index is 564.